The molecule has 0 N–H and O–H groups in total. The maximum Gasteiger partial charge on any atom is 0.198 e. The lowest BCUT2D eigenvalue weighted by Gasteiger charge is -2.12. The van der Waals surface area contributed by atoms with E-state index in [4.69, 9.17) is 16.5 Å². The SMILES string of the molecule is [C-]#[N+]c1ccccc1-c1nc(-c2ccccc2)cc(-c2ccc(-n3c4ccccc4c4ccc5c(c6ccccc6n5-c5ccccc5)c43)cc2)n1. The summed E-state index contributed by atoms with van der Waals surface area (Å²) >= 11 is 0. The number of hydrogen-bond donors (Lipinski definition) is 0. The van der Waals surface area contributed by atoms with Crippen molar-refractivity contribution >= 4 is 49.3 Å². The molecule has 0 saturated carbocycles. The first-order valence-corrected chi connectivity index (χ1v) is 17.3. The van der Waals surface area contributed by atoms with Gasteiger partial charge in [0.05, 0.1) is 40.0 Å². The normalized spacial score (nSPS) is 11.4. The van der Waals surface area contributed by atoms with E-state index in [1.807, 2.05) is 48.5 Å². The van der Waals surface area contributed by atoms with E-state index in [9.17, 15) is 0 Å². The maximum absolute atomic E-state index is 7.78. The van der Waals surface area contributed by atoms with E-state index < -0.39 is 0 Å². The van der Waals surface area contributed by atoms with E-state index in [1.54, 1.807) is 0 Å². The lowest BCUT2D eigenvalue weighted by molar-refractivity contribution is 1.17. The summed E-state index contributed by atoms with van der Waals surface area (Å²) < 4.78 is 4.78. The number of rotatable bonds is 5. The second kappa shape index (κ2) is 11.9. The van der Waals surface area contributed by atoms with Gasteiger partial charge in [0.25, 0.3) is 0 Å². The van der Waals surface area contributed by atoms with Crippen LogP contribution in [-0.4, -0.2) is 19.1 Å². The summed E-state index contributed by atoms with van der Waals surface area (Å²) in [6.07, 6.45) is 0. The zero-order chi connectivity index (χ0) is 34.6. The summed E-state index contributed by atoms with van der Waals surface area (Å²) in [5.41, 5.74) is 11.7. The molecule has 0 atom stereocenters. The van der Waals surface area contributed by atoms with Crippen LogP contribution in [0.2, 0.25) is 0 Å². The van der Waals surface area contributed by atoms with Gasteiger partial charge in [-0.2, -0.15) is 0 Å². The van der Waals surface area contributed by atoms with Crippen LogP contribution in [0.25, 0.3) is 93.7 Å². The Bertz CT molecular complexity index is 3000. The standard InChI is InChI=1S/C47H29N5/c1-48-39-21-11-8-19-37(39)47-49-40(31-14-4-2-5-15-31)30-41(50-47)32-24-26-34(27-25-32)52-42-22-12-9-18-35(42)36-28-29-44-45(46(36)52)38-20-10-13-23-43(38)51(44)33-16-6-3-7-17-33/h2-30H. The quantitative estimate of drug-likeness (QED) is 0.172. The number of fused-ring (bicyclic) bond motifs is 7. The Hall–Kier alpha value is -7.29. The molecule has 52 heavy (non-hydrogen) atoms. The summed E-state index contributed by atoms with van der Waals surface area (Å²) in [5.74, 6) is 0.534. The molecule has 7 aromatic carbocycles. The zero-order valence-corrected chi connectivity index (χ0v) is 28.0. The Morgan fingerprint density at radius 3 is 1.75 bits per heavy atom. The minimum Gasteiger partial charge on any atom is -0.309 e. The molecule has 0 saturated heterocycles. The van der Waals surface area contributed by atoms with Crippen molar-refractivity contribution in [2.24, 2.45) is 0 Å². The molecule has 0 spiro atoms. The monoisotopic (exact) mass is 663 g/mol. The highest BCUT2D eigenvalue weighted by atomic mass is 15.0. The highest BCUT2D eigenvalue weighted by Crippen LogP contribution is 2.42. The highest BCUT2D eigenvalue weighted by Gasteiger charge is 2.21. The van der Waals surface area contributed by atoms with Crippen molar-refractivity contribution in [1.29, 1.82) is 0 Å². The molecule has 0 aliphatic carbocycles. The van der Waals surface area contributed by atoms with Crippen molar-refractivity contribution in [2.45, 2.75) is 0 Å². The number of aromatic nitrogens is 4. The molecule has 5 nitrogen and oxygen atoms in total. The zero-order valence-electron chi connectivity index (χ0n) is 28.0. The van der Waals surface area contributed by atoms with E-state index in [0.29, 0.717) is 11.5 Å². The summed E-state index contributed by atoms with van der Waals surface area (Å²) in [6.45, 7) is 7.78. The summed E-state index contributed by atoms with van der Waals surface area (Å²) in [5, 5.41) is 4.87. The third-order valence-electron chi connectivity index (χ3n) is 9.97. The first-order valence-electron chi connectivity index (χ1n) is 17.3. The van der Waals surface area contributed by atoms with Gasteiger partial charge < -0.3 is 9.13 Å². The molecule has 0 aliphatic heterocycles. The van der Waals surface area contributed by atoms with Crippen LogP contribution < -0.4 is 0 Å². The average Bonchev–Trinajstić information content (AvgIpc) is 3.74. The van der Waals surface area contributed by atoms with Crippen molar-refractivity contribution in [3.63, 3.8) is 0 Å². The second-order valence-corrected chi connectivity index (χ2v) is 12.9. The average molecular weight is 664 g/mol. The van der Waals surface area contributed by atoms with Crippen LogP contribution in [0.3, 0.4) is 0 Å². The largest absolute Gasteiger partial charge is 0.309 e. The number of para-hydroxylation sites is 4. The molecular weight excluding hydrogens is 635 g/mol. The fraction of sp³-hybridized carbons (Fsp3) is 0. The van der Waals surface area contributed by atoms with Gasteiger partial charge in [0, 0.05) is 49.6 Å². The minimum atomic E-state index is 0.528. The molecule has 10 aromatic rings. The van der Waals surface area contributed by atoms with Crippen molar-refractivity contribution in [3.05, 3.63) is 187 Å². The first kappa shape index (κ1) is 29.6. The van der Waals surface area contributed by atoms with Crippen LogP contribution in [0.15, 0.2) is 176 Å². The maximum atomic E-state index is 7.78. The lowest BCUT2D eigenvalue weighted by atomic mass is 10.1. The van der Waals surface area contributed by atoms with E-state index in [1.165, 1.54) is 38.1 Å². The van der Waals surface area contributed by atoms with Crippen molar-refractivity contribution in [3.8, 4) is 45.3 Å². The van der Waals surface area contributed by atoms with Crippen molar-refractivity contribution < 1.29 is 0 Å². The Balaban J connectivity index is 1.19. The van der Waals surface area contributed by atoms with Crippen LogP contribution in [-0.2, 0) is 0 Å². The van der Waals surface area contributed by atoms with Crippen LogP contribution in [0, 0.1) is 6.57 Å². The van der Waals surface area contributed by atoms with E-state index in [2.05, 4.69) is 141 Å². The smallest absolute Gasteiger partial charge is 0.198 e. The fourth-order valence-electron chi connectivity index (χ4n) is 7.65. The van der Waals surface area contributed by atoms with Crippen molar-refractivity contribution in [2.75, 3.05) is 0 Å². The minimum absolute atomic E-state index is 0.528. The molecule has 0 radical (unpaired) electrons. The Kier molecular flexibility index (Phi) is 6.80. The molecule has 5 heteroatoms. The molecule has 10 rings (SSSR count). The van der Waals surface area contributed by atoms with Crippen LogP contribution in [0.5, 0.6) is 0 Å². The van der Waals surface area contributed by atoms with Gasteiger partial charge >= 0.3 is 0 Å². The summed E-state index contributed by atoms with van der Waals surface area (Å²) in [6, 6.07) is 60.9. The fourth-order valence-corrected chi connectivity index (χ4v) is 7.65. The lowest BCUT2D eigenvalue weighted by Crippen LogP contribution is -1.97. The molecule has 242 valence electrons. The number of benzene rings is 7. The molecular formula is C47H29N5. The van der Waals surface area contributed by atoms with E-state index in [0.717, 1.165) is 45.0 Å². The van der Waals surface area contributed by atoms with E-state index in [-0.39, 0.29) is 0 Å². The van der Waals surface area contributed by atoms with E-state index >= 15 is 0 Å². The van der Waals surface area contributed by atoms with Crippen molar-refractivity contribution in [1.82, 2.24) is 19.1 Å². The van der Waals surface area contributed by atoms with Crippen LogP contribution in [0.1, 0.15) is 0 Å². The molecule has 0 fully saturated rings. The van der Waals surface area contributed by atoms with Gasteiger partial charge in [0.2, 0.25) is 0 Å². The van der Waals surface area contributed by atoms with Gasteiger partial charge in [-0.1, -0.05) is 127 Å². The topological polar surface area (TPSA) is 40.0 Å². The molecule has 0 unspecified atom stereocenters. The van der Waals surface area contributed by atoms with Gasteiger partial charge in [-0.05, 0) is 48.5 Å². The molecule has 0 bridgehead atoms. The number of nitrogens with zero attached hydrogens (tertiary/aromatic N) is 5. The Labute approximate surface area is 300 Å². The third-order valence-corrected chi connectivity index (χ3v) is 9.97. The predicted octanol–water partition coefficient (Wildman–Crippen LogP) is 12.2. The van der Waals surface area contributed by atoms with Gasteiger partial charge in [0.1, 0.15) is 5.82 Å². The molecule has 3 aromatic heterocycles. The summed E-state index contributed by atoms with van der Waals surface area (Å²) in [4.78, 5) is 13.8. The first-order chi connectivity index (χ1) is 25.8. The molecule has 0 aliphatic rings. The van der Waals surface area contributed by atoms with Gasteiger partial charge in [-0.15, -0.1) is 0 Å². The summed E-state index contributed by atoms with van der Waals surface area (Å²) in [7, 11) is 0. The van der Waals surface area contributed by atoms with Gasteiger partial charge in [-0.3, -0.25) is 0 Å². The molecule has 3 heterocycles. The highest BCUT2D eigenvalue weighted by molar-refractivity contribution is 6.26. The van der Waals surface area contributed by atoms with Crippen LogP contribution in [0.4, 0.5) is 5.69 Å². The second-order valence-electron chi connectivity index (χ2n) is 12.9. The van der Waals surface area contributed by atoms with Crippen LogP contribution >= 0.6 is 0 Å². The third kappa shape index (κ3) is 4.63. The predicted molar refractivity (Wildman–Crippen MR) is 213 cm³/mol. The Morgan fingerprint density at radius 2 is 1.02 bits per heavy atom. The van der Waals surface area contributed by atoms with Gasteiger partial charge in [-0.25, -0.2) is 14.8 Å². The molecule has 0 amide bonds. The Morgan fingerprint density at radius 1 is 0.442 bits per heavy atom. The number of hydrogen-bond acceptors (Lipinski definition) is 2. The van der Waals surface area contributed by atoms with Gasteiger partial charge in [0.15, 0.2) is 5.69 Å².